The minimum absolute atomic E-state index is 0.0969. The maximum absolute atomic E-state index is 13.0. The van der Waals surface area contributed by atoms with Gasteiger partial charge in [0.15, 0.2) is 5.82 Å². The summed E-state index contributed by atoms with van der Waals surface area (Å²) >= 11 is 0. The highest BCUT2D eigenvalue weighted by atomic mass is 16.6. The summed E-state index contributed by atoms with van der Waals surface area (Å²) in [6, 6.07) is 7.08. The Morgan fingerprint density at radius 3 is 2.78 bits per heavy atom. The van der Waals surface area contributed by atoms with Gasteiger partial charge in [0.2, 0.25) is 0 Å². The number of amides is 2. The lowest BCUT2D eigenvalue weighted by molar-refractivity contribution is -0.00487. The molecule has 11 heteroatoms. The van der Waals surface area contributed by atoms with E-state index in [9.17, 15) is 14.7 Å². The second-order valence-electron chi connectivity index (χ2n) is 10.8. The molecule has 0 aliphatic carbocycles. The van der Waals surface area contributed by atoms with Gasteiger partial charge in [0, 0.05) is 31.2 Å². The molecule has 5 heterocycles. The van der Waals surface area contributed by atoms with E-state index < -0.39 is 17.6 Å². The number of aromatic nitrogens is 5. The number of carbonyl (C=O) groups excluding carboxylic acids is 2. The first kappa shape index (κ1) is 24.8. The van der Waals surface area contributed by atoms with Crippen molar-refractivity contribution in [2.45, 2.75) is 64.6 Å². The van der Waals surface area contributed by atoms with Gasteiger partial charge in [-0.3, -0.25) is 9.78 Å². The molecule has 0 spiro atoms. The fourth-order valence-corrected chi connectivity index (χ4v) is 4.67. The van der Waals surface area contributed by atoms with Gasteiger partial charge in [-0.1, -0.05) is 6.07 Å². The number of hydrogen-bond donors (Lipinski definition) is 2. The smallest absolute Gasteiger partial charge is 0.410 e. The molecule has 2 amide bonds. The van der Waals surface area contributed by atoms with Gasteiger partial charge in [0.25, 0.3) is 5.91 Å². The fraction of sp³-hybridized carbons (Fsp3) is 0.462. The molecule has 5 rings (SSSR count). The molecule has 0 unspecified atom stereocenters. The normalized spacial score (nSPS) is 16.2. The molecular formula is C26H31N7O4. The van der Waals surface area contributed by atoms with E-state index in [2.05, 4.69) is 43.9 Å². The van der Waals surface area contributed by atoms with Gasteiger partial charge in [-0.25, -0.2) is 9.78 Å². The van der Waals surface area contributed by atoms with Crippen LogP contribution in [0.4, 0.5) is 10.6 Å². The molecule has 0 saturated heterocycles. The molecule has 3 aromatic heterocycles. The predicted molar refractivity (Wildman–Crippen MR) is 135 cm³/mol. The summed E-state index contributed by atoms with van der Waals surface area (Å²) in [4.78, 5) is 36.0. The summed E-state index contributed by atoms with van der Waals surface area (Å²) in [6.07, 6.45) is 3.63. The number of ether oxygens (including phenoxy) is 1. The molecule has 0 atom stereocenters. The second-order valence-corrected chi connectivity index (χ2v) is 10.8. The third kappa shape index (κ3) is 5.17. The van der Waals surface area contributed by atoms with Crippen LogP contribution in [-0.2, 0) is 29.7 Å². The molecule has 11 nitrogen and oxygen atoms in total. The zero-order chi connectivity index (χ0) is 26.4. The minimum atomic E-state index is -1.10. The van der Waals surface area contributed by atoms with E-state index >= 15 is 0 Å². The van der Waals surface area contributed by atoms with Crippen LogP contribution in [0.3, 0.4) is 0 Å². The van der Waals surface area contributed by atoms with Gasteiger partial charge >= 0.3 is 6.09 Å². The SMILES string of the molecule is CC(C)(O)COC(=O)N1CCc2cnc(C(=O)Nc3cccc(-c4nnc5n4C(C)(C)CC5)n3)cc2C1. The summed E-state index contributed by atoms with van der Waals surface area (Å²) in [5.41, 5.74) is 1.46. The third-order valence-corrected chi connectivity index (χ3v) is 6.65. The van der Waals surface area contributed by atoms with Crippen molar-refractivity contribution in [3.63, 3.8) is 0 Å². The van der Waals surface area contributed by atoms with Crippen molar-refractivity contribution >= 4 is 17.8 Å². The average molecular weight is 506 g/mol. The molecular weight excluding hydrogens is 474 g/mol. The second kappa shape index (κ2) is 9.22. The van der Waals surface area contributed by atoms with Crippen molar-refractivity contribution in [2.75, 3.05) is 18.5 Å². The minimum Gasteiger partial charge on any atom is -0.446 e. The topological polar surface area (TPSA) is 135 Å². The lowest BCUT2D eigenvalue weighted by Crippen LogP contribution is -2.39. The van der Waals surface area contributed by atoms with E-state index in [0.717, 1.165) is 29.8 Å². The zero-order valence-electron chi connectivity index (χ0n) is 21.5. The van der Waals surface area contributed by atoms with Crippen molar-refractivity contribution < 1.29 is 19.4 Å². The number of rotatable bonds is 5. The van der Waals surface area contributed by atoms with Crippen molar-refractivity contribution in [3.8, 4) is 11.5 Å². The molecule has 37 heavy (non-hydrogen) atoms. The molecule has 194 valence electrons. The van der Waals surface area contributed by atoms with Crippen LogP contribution in [0.5, 0.6) is 0 Å². The number of nitrogens with zero attached hydrogens (tertiary/aromatic N) is 6. The molecule has 0 saturated carbocycles. The standard InChI is InChI=1S/C26H31N7O4/c1-25(2)10-8-21-30-31-22(33(21)25)18-6-5-7-20(28-18)29-23(34)19-12-17-14-32(11-9-16(17)13-27-19)24(35)37-15-26(3,4)36/h5-7,12-13,36H,8-11,14-15H2,1-4H3,(H,28,29,34). The van der Waals surface area contributed by atoms with E-state index in [0.29, 0.717) is 36.8 Å². The maximum Gasteiger partial charge on any atom is 0.410 e. The Balaban J connectivity index is 1.30. The molecule has 2 aliphatic heterocycles. The number of anilines is 1. The highest BCUT2D eigenvalue weighted by Gasteiger charge is 2.34. The maximum atomic E-state index is 13.0. The van der Waals surface area contributed by atoms with Gasteiger partial charge < -0.3 is 24.6 Å². The van der Waals surface area contributed by atoms with E-state index in [1.807, 2.05) is 12.1 Å². The van der Waals surface area contributed by atoms with Crippen LogP contribution in [0.15, 0.2) is 30.5 Å². The molecule has 2 N–H and O–H groups in total. The number of pyridine rings is 2. The van der Waals surface area contributed by atoms with Gasteiger partial charge in [0.05, 0.1) is 5.60 Å². The zero-order valence-corrected chi connectivity index (χ0v) is 21.5. The first-order valence-corrected chi connectivity index (χ1v) is 12.4. The van der Waals surface area contributed by atoms with Crippen LogP contribution in [0.1, 0.15) is 61.6 Å². The Morgan fingerprint density at radius 1 is 1.19 bits per heavy atom. The van der Waals surface area contributed by atoms with E-state index in [-0.39, 0.29) is 17.8 Å². The number of nitrogens with one attached hydrogen (secondary N) is 1. The Labute approximate surface area is 214 Å². The summed E-state index contributed by atoms with van der Waals surface area (Å²) in [7, 11) is 0. The lowest BCUT2D eigenvalue weighted by Gasteiger charge is -2.29. The molecule has 0 radical (unpaired) electrons. The molecule has 0 bridgehead atoms. The predicted octanol–water partition coefficient (Wildman–Crippen LogP) is 2.93. The first-order chi connectivity index (χ1) is 17.5. The molecule has 2 aliphatic rings. The Morgan fingerprint density at radius 2 is 2.00 bits per heavy atom. The Kier molecular flexibility index (Phi) is 6.18. The van der Waals surface area contributed by atoms with E-state index in [4.69, 9.17) is 4.74 Å². The largest absolute Gasteiger partial charge is 0.446 e. The Bertz CT molecular complexity index is 1360. The molecule has 3 aromatic rings. The van der Waals surface area contributed by atoms with Crippen molar-refractivity contribution in [1.29, 1.82) is 0 Å². The summed E-state index contributed by atoms with van der Waals surface area (Å²) in [6.45, 7) is 8.13. The number of aryl methyl sites for hydroxylation is 1. The number of fused-ring (bicyclic) bond motifs is 2. The van der Waals surface area contributed by atoms with Crippen LogP contribution in [0.25, 0.3) is 11.5 Å². The summed E-state index contributed by atoms with van der Waals surface area (Å²) < 4.78 is 7.34. The molecule has 0 aromatic carbocycles. The van der Waals surface area contributed by atoms with E-state index in [1.54, 1.807) is 37.1 Å². The van der Waals surface area contributed by atoms with E-state index in [1.165, 1.54) is 0 Å². The van der Waals surface area contributed by atoms with Gasteiger partial charge in [0.1, 0.15) is 29.6 Å². The van der Waals surface area contributed by atoms with Crippen LogP contribution in [0, 0.1) is 0 Å². The number of hydrogen-bond acceptors (Lipinski definition) is 8. The summed E-state index contributed by atoms with van der Waals surface area (Å²) in [5, 5.41) is 21.3. The van der Waals surface area contributed by atoms with Crippen LogP contribution in [-0.4, -0.2) is 65.5 Å². The van der Waals surface area contributed by atoms with Crippen LogP contribution in [0.2, 0.25) is 0 Å². The Hall–Kier alpha value is -3.86. The van der Waals surface area contributed by atoms with Crippen LogP contribution >= 0.6 is 0 Å². The fourth-order valence-electron chi connectivity index (χ4n) is 4.67. The number of carbonyl (C=O) groups is 2. The van der Waals surface area contributed by atoms with Gasteiger partial charge in [-0.2, -0.15) is 0 Å². The monoisotopic (exact) mass is 505 g/mol. The van der Waals surface area contributed by atoms with Crippen molar-refractivity contribution in [3.05, 3.63) is 53.1 Å². The van der Waals surface area contributed by atoms with Gasteiger partial charge in [-0.05, 0) is 69.9 Å². The lowest BCUT2D eigenvalue weighted by atomic mass is 10.0. The highest BCUT2D eigenvalue weighted by Crippen LogP contribution is 2.35. The third-order valence-electron chi connectivity index (χ3n) is 6.65. The van der Waals surface area contributed by atoms with Gasteiger partial charge in [-0.15, -0.1) is 10.2 Å². The highest BCUT2D eigenvalue weighted by molar-refractivity contribution is 6.02. The van der Waals surface area contributed by atoms with Crippen molar-refractivity contribution in [1.82, 2.24) is 29.6 Å². The average Bonchev–Trinajstić information content (AvgIpc) is 3.42. The first-order valence-electron chi connectivity index (χ1n) is 12.4. The van der Waals surface area contributed by atoms with Crippen LogP contribution < -0.4 is 5.32 Å². The quantitative estimate of drug-likeness (QED) is 0.540. The molecule has 0 fully saturated rings. The summed E-state index contributed by atoms with van der Waals surface area (Å²) in [5.74, 6) is 1.59. The number of aliphatic hydroxyl groups is 1. The van der Waals surface area contributed by atoms with Crippen molar-refractivity contribution in [2.24, 2.45) is 0 Å².